The summed E-state index contributed by atoms with van der Waals surface area (Å²) in [5.74, 6) is 0.161. The topological polar surface area (TPSA) is 77.1 Å². The molecule has 1 N–H and O–H groups in total. The second-order valence-corrected chi connectivity index (χ2v) is 12.6. The van der Waals surface area contributed by atoms with Crippen LogP contribution in [0.4, 0.5) is 9.18 Å². The van der Waals surface area contributed by atoms with E-state index >= 15 is 0 Å². The Labute approximate surface area is 247 Å². The predicted molar refractivity (Wildman–Crippen MR) is 157 cm³/mol. The lowest BCUT2D eigenvalue weighted by molar-refractivity contribution is -0.145. The lowest BCUT2D eigenvalue weighted by Gasteiger charge is -2.30. The van der Waals surface area contributed by atoms with E-state index in [4.69, 9.17) is 25.8 Å². The minimum Gasteiger partial charge on any atom is -0.488 e. The van der Waals surface area contributed by atoms with Gasteiger partial charge < -0.3 is 19.5 Å². The van der Waals surface area contributed by atoms with Crippen LogP contribution in [0.5, 0.6) is 5.75 Å². The van der Waals surface area contributed by atoms with E-state index in [0.29, 0.717) is 29.6 Å². The Morgan fingerprint density at radius 3 is 2.46 bits per heavy atom. The van der Waals surface area contributed by atoms with Crippen LogP contribution in [0, 0.1) is 11.7 Å². The van der Waals surface area contributed by atoms with Gasteiger partial charge in [0, 0.05) is 19.0 Å². The number of rotatable bonds is 8. The van der Waals surface area contributed by atoms with E-state index in [1.54, 1.807) is 26.8 Å². The lowest BCUT2D eigenvalue weighted by Crippen LogP contribution is -2.44. The zero-order chi connectivity index (χ0) is 29.7. The fraction of sp³-hybridized carbons (Fsp3) is 0.562. The Kier molecular flexibility index (Phi) is 10.2. The summed E-state index contributed by atoms with van der Waals surface area (Å²) in [7, 11) is 3.24. The normalized spacial score (nSPS) is 22.9. The van der Waals surface area contributed by atoms with Crippen molar-refractivity contribution in [2.45, 2.75) is 89.5 Å². The average Bonchev–Trinajstić information content (AvgIpc) is 3.35. The predicted octanol–water partition coefficient (Wildman–Crippen LogP) is 6.64. The third kappa shape index (κ3) is 7.92. The van der Waals surface area contributed by atoms with Crippen molar-refractivity contribution in [1.29, 1.82) is 0 Å². The van der Waals surface area contributed by atoms with Crippen molar-refractivity contribution in [2.75, 3.05) is 20.7 Å². The van der Waals surface area contributed by atoms with E-state index in [1.807, 2.05) is 7.05 Å². The van der Waals surface area contributed by atoms with Gasteiger partial charge in [-0.1, -0.05) is 35.9 Å². The van der Waals surface area contributed by atoms with Crippen LogP contribution in [0.25, 0.3) is 0 Å². The zero-order valence-corrected chi connectivity index (χ0v) is 25.4. The number of ether oxygens (including phenoxy) is 3. The number of carbonyl (C=O) groups excluding carboxylic acids is 2. The summed E-state index contributed by atoms with van der Waals surface area (Å²) in [5, 5.41) is 3.38. The first kappa shape index (κ1) is 31.1. The number of carbonyl (C=O) groups is 2. The van der Waals surface area contributed by atoms with Crippen LogP contribution in [0.3, 0.4) is 0 Å². The van der Waals surface area contributed by atoms with Gasteiger partial charge in [-0.25, -0.2) is 14.0 Å². The van der Waals surface area contributed by atoms with E-state index in [-0.39, 0.29) is 18.0 Å². The van der Waals surface area contributed by atoms with Crippen LogP contribution >= 0.6 is 11.6 Å². The number of methoxy groups -OCH3 is 1. The van der Waals surface area contributed by atoms with Gasteiger partial charge in [-0.05, 0) is 94.5 Å². The molecule has 2 atom stereocenters. The molecule has 1 heterocycles. The molecule has 7 nitrogen and oxygen atoms in total. The van der Waals surface area contributed by atoms with Gasteiger partial charge in [-0.2, -0.15) is 0 Å². The Hall–Kier alpha value is -2.84. The van der Waals surface area contributed by atoms with Gasteiger partial charge in [0.1, 0.15) is 29.3 Å². The Balaban J connectivity index is 1.42. The molecule has 2 fully saturated rings. The second-order valence-electron chi connectivity index (χ2n) is 12.2. The van der Waals surface area contributed by atoms with Crippen molar-refractivity contribution in [1.82, 2.24) is 10.2 Å². The van der Waals surface area contributed by atoms with Gasteiger partial charge >= 0.3 is 12.1 Å². The Morgan fingerprint density at radius 1 is 1.10 bits per heavy atom. The van der Waals surface area contributed by atoms with Gasteiger partial charge in [0.25, 0.3) is 0 Å². The van der Waals surface area contributed by atoms with E-state index in [0.717, 1.165) is 32.2 Å². The molecule has 2 aromatic rings. The summed E-state index contributed by atoms with van der Waals surface area (Å²) < 4.78 is 31.5. The maximum Gasteiger partial charge on any atom is 0.411 e. The van der Waals surface area contributed by atoms with Crippen molar-refractivity contribution in [3.63, 3.8) is 0 Å². The van der Waals surface area contributed by atoms with Gasteiger partial charge in [-0.3, -0.25) is 4.90 Å². The molecule has 0 bridgehead atoms. The smallest absolute Gasteiger partial charge is 0.411 e. The number of benzene rings is 2. The minimum absolute atomic E-state index is 0.118. The van der Waals surface area contributed by atoms with Gasteiger partial charge in [-0.15, -0.1) is 0 Å². The summed E-state index contributed by atoms with van der Waals surface area (Å²) in [6, 6.07) is 10.8. The highest BCUT2D eigenvalue weighted by molar-refractivity contribution is 6.31. The molecule has 0 radical (unpaired) electrons. The molecule has 0 aromatic heterocycles. The molecule has 0 spiro atoms. The molecule has 41 heavy (non-hydrogen) atoms. The summed E-state index contributed by atoms with van der Waals surface area (Å²) in [4.78, 5) is 26.5. The number of likely N-dealkylation sites (tertiary alicyclic amines) is 1. The van der Waals surface area contributed by atoms with Crippen LogP contribution in [0.2, 0.25) is 5.02 Å². The molecule has 9 heteroatoms. The molecule has 1 aliphatic carbocycles. The van der Waals surface area contributed by atoms with Crippen molar-refractivity contribution in [3.8, 4) is 5.75 Å². The maximum atomic E-state index is 14.9. The average molecular weight is 589 g/mol. The van der Waals surface area contributed by atoms with Gasteiger partial charge in [0.15, 0.2) is 0 Å². The first-order chi connectivity index (χ1) is 19.5. The Morgan fingerprint density at radius 2 is 1.80 bits per heavy atom. The van der Waals surface area contributed by atoms with Gasteiger partial charge in [0.2, 0.25) is 0 Å². The largest absolute Gasteiger partial charge is 0.488 e. The SMILES string of the molecule is CNCc1ccccc1[C@H]1CC[C@H](Cc2cc(O[C@H]3C[C@@H](C(=O)OC)N(C(=O)OC(C)(C)C)C3)cc(F)c2Cl)CC1. The monoisotopic (exact) mass is 588 g/mol. The number of hydrogen-bond acceptors (Lipinski definition) is 6. The van der Waals surface area contributed by atoms with Crippen LogP contribution < -0.4 is 10.1 Å². The third-order valence-electron chi connectivity index (χ3n) is 7.96. The lowest BCUT2D eigenvalue weighted by atomic mass is 9.75. The van der Waals surface area contributed by atoms with Crippen molar-refractivity contribution in [2.24, 2.45) is 5.92 Å². The molecular formula is C32H42ClFN2O5. The number of nitrogens with zero attached hydrogens (tertiary/aromatic N) is 1. The highest BCUT2D eigenvalue weighted by Crippen LogP contribution is 2.40. The quantitative estimate of drug-likeness (QED) is 0.348. The summed E-state index contributed by atoms with van der Waals surface area (Å²) in [6.45, 7) is 6.25. The standard InChI is InChI=1S/C32H42ClFN2O5/c1-32(2,3)41-31(38)36-19-25(17-28(36)30(37)39-5)40-24-15-23(29(33)27(34)16-24)14-20-10-12-21(13-11-20)26-9-7-6-8-22(26)18-35-4/h6-9,15-16,20-21,25,28,35H,10-14,17-19H2,1-5H3/t20-,21-,25-,28-/m0/s1. The molecular weight excluding hydrogens is 547 g/mol. The molecule has 1 saturated carbocycles. The number of esters is 1. The Bertz CT molecular complexity index is 1230. The van der Waals surface area contributed by atoms with E-state index in [9.17, 15) is 14.0 Å². The molecule has 4 rings (SSSR count). The van der Waals surface area contributed by atoms with Crippen molar-refractivity contribution < 1.29 is 28.2 Å². The summed E-state index contributed by atoms with van der Waals surface area (Å²) in [5.41, 5.74) is 2.76. The van der Waals surface area contributed by atoms with Crippen molar-refractivity contribution in [3.05, 3.63) is 63.9 Å². The van der Waals surface area contributed by atoms with E-state index in [1.165, 1.54) is 29.2 Å². The van der Waals surface area contributed by atoms with Crippen LogP contribution in [0.15, 0.2) is 36.4 Å². The number of halogens is 2. The van der Waals surface area contributed by atoms with Crippen LogP contribution in [-0.4, -0.2) is 55.4 Å². The maximum absolute atomic E-state index is 14.9. The van der Waals surface area contributed by atoms with E-state index < -0.39 is 35.6 Å². The molecule has 2 aromatic carbocycles. The molecule has 0 unspecified atom stereocenters. The minimum atomic E-state index is -0.843. The molecule has 1 saturated heterocycles. The fourth-order valence-corrected chi connectivity index (χ4v) is 6.25. The molecule has 1 aliphatic heterocycles. The number of hydrogen-bond donors (Lipinski definition) is 1. The van der Waals surface area contributed by atoms with Crippen LogP contribution in [0.1, 0.15) is 75.5 Å². The van der Waals surface area contributed by atoms with E-state index in [2.05, 4.69) is 29.6 Å². The van der Waals surface area contributed by atoms with Gasteiger partial charge in [0.05, 0.1) is 18.7 Å². The van der Waals surface area contributed by atoms with Crippen molar-refractivity contribution >= 4 is 23.7 Å². The molecule has 2 aliphatic rings. The fourth-order valence-electron chi connectivity index (χ4n) is 6.06. The van der Waals surface area contributed by atoms with Crippen LogP contribution in [-0.2, 0) is 27.2 Å². The first-order valence-corrected chi connectivity index (χ1v) is 14.8. The zero-order valence-electron chi connectivity index (χ0n) is 24.7. The highest BCUT2D eigenvalue weighted by atomic mass is 35.5. The molecule has 224 valence electrons. The number of amides is 1. The molecule has 1 amide bonds. The first-order valence-electron chi connectivity index (χ1n) is 14.4. The summed E-state index contributed by atoms with van der Waals surface area (Å²) in [6.07, 6.45) is 3.96. The number of nitrogens with one attached hydrogen (secondary N) is 1. The highest BCUT2D eigenvalue weighted by Gasteiger charge is 2.43. The summed E-state index contributed by atoms with van der Waals surface area (Å²) >= 11 is 6.42. The second kappa shape index (κ2) is 13.4. The third-order valence-corrected chi connectivity index (χ3v) is 8.38.